The molecule has 0 bridgehead atoms. The van der Waals surface area contributed by atoms with E-state index in [1.807, 2.05) is 0 Å². The molecule has 2 rings (SSSR count). The van der Waals surface area contributed by atoms with E-state index in [-0.39, 0.29) is 12.2 Å². The number of nitrogens with one attached hydrogen (secondary N) is 1. The highest BCUT2D eigenvalue weighted by atomic mass is 16.5. The van der Waals surface area contributed by atoms with Crippen molar-refractivity contribution in [1.29, 1.82) is 0 Å². The molecule has 0 radical (unpaired) electrons. The number of aliphatic hydroxyl groups is 1. The lowest BCUT2D eigenvalue weighted by Crippen LogP contribution is -2.37. The second-order valence-corrected chi connectivity index (χ2v) is 5.60. The Morgan fingerprint density at radius 1 is 1.12 bits per heavy atom. The first-order valence-electron chi connectivity index (χ1n) is 7.36. The SMILES string of the molecule is CCCNC1CCC(OC2CCCC2O)CC1. The van der Waals surface area contributed by atoms with Crippen LogP contribution in [-0.4, -0.2) is 36.0 Å². The van der Waals surface area contributed by atoms with E-state index >= 15 is 0 Å². The third-order valence-electron chi connectivity index (χ3n) is 4.14. The van der Waals surface area contributed by atoms with Crippen LogP contribution in [0.1, 0.15) is 58.3 Å². The van der Waals surface area contributed by atoms with Gasteiger partial charge in [0.05, 0.1) is 18.3 Å². The summed E-state index contributed by atoms with van der Waals surface area (Å²) in [6, 6.07) is 0.698. The minimum Gasteiger partial charge on any atom is -0.390 e. The molecule has 0 aromatic heterocycles. The zero-order chi connectivity index (χ0) is 12.1. The second-order valence-electron chi connectivity index (χ2n) is 5.60. The summed E-state index contributed by atoms with van der Waals surface area (Å²) in [5.41, 5.74) is 0. The van der Waals surface area contributed by atoms with Gasteiger partial charge in [-0.2, -0.15) is 0 Å². The van der Waals surface area contributed by atoms with Crippen LogP contribution in [0.4, 0.5) is 0 Å². The zero-order valence-corrected chi connectivity index (χ0v) is 11.0. The van der Waals surface area contributed by atoms with Crippen LogP contribution >= 0.6 is 0 Å². The van der Waals surface area contributed by atoms with Gasteiger partial charge in [0.1, 0.15) is 0 Å². The molecule has 2 aliphatic rings. The van der Waals surface area contributed by atoms with Gasteiger partial charge in [0.25, 0.3) is 0 Å². The Morgan fingerprint density at radius 2 is 1.88 bits per heavy atom. The van der Waals surface area contributed by atoms with Crippen molar-refractivity contribution in [2.75, 3.05) is 6.54 Å². The smallest absolute Gasteiger partial charge is 0.0837 e. The van der Waals surface area contributed by atoms with E-state index in [4.69, 9.17) is 4.74 Å². The molecule has 100 valence electrons. The van der Waals surface area contributed by atoms with Gasteiger partial charge in [-0.1, -0.05) is 6.92 Å². The van der Waals surface area contributed by atoms with Crippen LogP contribution in [0, 0.1) is 0 Å². The van der Waals surface area contributed by atoms with Gasteiger partial charge in [-0.3, -0.25) is 0 Å². The average molecular weight is 241 g/mol. The average Bonchev–Trinajstić information content (AvgIpc) is 2.74. The first-order valence-corrected chi connectivity index (χ1v) is 7.36. The predicted molar refractivity (Wildman–Crippen MR) is 69.1 cm³/mol. The summed E-state index contributed by atoms with van der Waals surface area (Å²) in [7, 11) is 0. The van der Waals surface area contributed by atoms with Gasteiger partial charge in [-0.05, 0) is 57.9 Å². The molecule has 2 aliphatic carbocycles. The minimum atomic E-state index is -0.203. The van der Waals surface area contributed by atoms with E-state index in [1.165, 1.54) is 19.3 Å². The lowest BCUT2D eigenvalue weighted by Gasteiger charge is -2.31. The van der Waals surface area contributed by atoms with Gasteiger partial charge >= 0.3 is 0 Å². The fraction of sp³-hybridized carbons (Fsp3) is 1.00. The topological polar surface area (TPSA) is 41.5 Å². The van der Waals surface area contributed by atoms with Crippen LogP contribution in [0.5, 0.6) is 0 Å². The quantitative estimate of drug-likeness (QED) is 0.775. The lowest BCUT2D eigenvalue weighted by molar-refractivity contribution is -0.0752. The molecule has 3 nitrogen and oxygen atoms in total. The predicted octanol–water partition coefficient (Wildman–Crippen LogP) is 2.23. The van der Waals surface area contributed by atoms with Gasteiger partial charge in [0, 0.05) is 6.04 Å². The summed E-state index contributed by atoms with van der Waals surface area (Å²) in [6.07, 6.45) is 9.41. The minimum absolute atomic E-state index is 0.125. The van der Waals surface area contributed by atoms with Crippen molar-refractivity contribution in [2.24, 2.45) is 0 Å². The van der Waals surface area contributed by atoms with Gasteiger partial charge in [-0.25, -0.2) is 0 Å². The molecule has 0 heterocycles. The Morgan fingerprint density at radius 3 is 2.47 bits per heavy atom. The molecule has 0 aliphatic heterocycles. The highest BCUT2D eigenvalue weighted by molar-refractivity contribution is 4.82. The number of aliphatic hydroxyl groups excluding tert-OH is 1. The number of hydrogen-bond donors (Lipinski definition) is 2. The van der Waals surface area contributed by atoms with Crippen molar-refractivity contribution >= 4 is 0 Å². The third-order valence-corrected chi connectivity index (χ3v) is 4.14. The lowest BCUT2D eigenvalue weighted by atomic mass is 9.92. The van der Waals surface area contributed by atoms with Crippen molar-refractivity contribution in [3.8, 4) is 0 Å². The monoisotopic (exact) mass is 241 g/mol. The van der Waals surface area contributed by atoms with Crippen molar-refractivity contribution in [1.82, 2.24) is 5.32 Å². The maximum atomic E-state index is 9.75. The summed E-state index contributed by atoms with van der Waals surface area (Å²) < 4.78 is 6.04. The van der Waals surface area contributed by atoms with Crippen LogP contribution in [0.3, 0.4) is 0 Å². The van der Waals surface area contributed by atoms with E-state index in [1.54, 1.807) is 0 Å². The fourth-order valence-corrected chi connectivity index (χ4v) is 3.06. The number of rotatable bonds is 5. The summed E-state index contributed by atoms with van der Waals surface area (Å²) in [4.78, 5) is 0. The van der Waals surface area contributed by atoms with Crippen LogP contribution in [0.25, 0.3) is 0 Å². The van der Waals surface area contributed by atoms with E-state index in [2.05, 4.69) is 12.2 Å². The molecule has 17 heavy (non-hydrogen) atoms. The molecular weight excluding hydrogens is 214 g/mol. The maximum Gasteiger partial charge on any atom is 0.0837 e. The molecule has 0 saturated heterocycles. The van der Waals surface area contributed by atoms with Gasteiger partial charge in [0.2, 0.25) is 0 Å². The summed E-state index contributed by atoms with van der Waals surface area (Å²) in [6.45, 7) is 3.35. The molecule has 2 N–H and O–H groups in total. The molecule has 0 spiro atoms. The molecular formula is C14H27NO2. The highest BCUT2D eigenvalue weighted by Gasteiger charge is 2.30. The molecule has 2 fully saturated rings. The van der Waals surface area contributed by atoms with Gasteiger partial charge in [0.15, 0.2) is 0 Å². The van der Waals surface area contributed by atoms with Gasteiger partial charge < -0.3 is 15.2 Å². The standard InChI is InChI=1S/C14H27NO2/c1-2-10-15-11-6-8-12(9-7-11)17-14-5-3-4-13(14)16/h11-16H,2-10H2,1H3. The Hall–Kier alpha value is -0.120. The van der Waals surface area contributed by atoms with E-state index < -0.39 is 0 Å². The summed E-state index contributed by atoms with van der Waals surface area (Å²) in [5, 5.41) is 13.3. The molecule has 2 saturated carbocycles. The molecule has 0 aromatic rings. The molecule has 0 aromatic carbocycles. The van der Waals surface area contributed by atoms with E-state index in [9.17, 15) is 5.11 Å². The largest absolute Gasteiger partial charge is 0.390 e. The molecule has 3 heteroatoms. The number of ether oxygens (including phenoxy) is 1. The fourth-order valence-electron chi connectivity index (χ4n) is 3.06. The summed E-state index contributed by atoms with van der Waals surface area (Å²) in [5.74, 6) is 0. The molecule has 2 unspecified atom stereocenters. The molecule has 2 atom stereocenters. The van der Waals surface area contributed by atoms with Crippen molar-refractivity contribution < 1.29 is 9.84 Å². The van der Waals surface area contributed by atoms with Crippen LogP contribution in [-0.2, 0) is 4.74 Å². The zero-order valence-electron chi connectivity index (χ0n) is 11.0. The highest BCUT2D eigenvalue weighted by Crippen LogP contribution is 2.28. The Bertz CT molecular complexity index is 214. The van der Waals surface area contributed by atoms with E-state index in [0.717, 1.165) is 38.6 Å². The summed E-state index contributed by atoms with van der Waals surface area (Å²) >= 11 is 0. The second kappa shape index (κ2) is 6.72. The molecule has 0 amide bonds. The van der Waals surface area contributed by atoms with Crippen molar-refractivity contribution in [2.45, 2.75) is 82.6 Å². The first-order chi connectivity index (χ1) is 8.29. The maximum absolute atomic E-state index is 9.75. The normalized spacial score (nSPS) is 38.5. The van der Waals surface area contributed by atoms with Crippen LogP contribution in [0.2, 0.25) is 0 Å². The third kappa shape index (κ3) is 3.94. The Balaban J connectivity index is 1.65. The first kappa shape index (κ1) is 13.3. The Labute approximate surface area is 105 Å². The van der Waals surface area contributed by atoms with Gasteiger partial charge in [-0.15, -0.1) is 0 Å². The van der Waals surface area contributed by atoms with Crippen molar-refractivity contribution in [3.63, 3.8) is 0 Å². The van der Waals surface area contributed by atoms with E-state index in [0.29, 0.717) is 12.1 Å². The van der Waals surface area contributed by atoms with Crippen LogP contribution < -0.4 is 5.32 Å². The van der Waals surface area contributed by atoms with Crippen LogP contribution in [0.15, 0.2) is 0 Å². The van der Waals surface area contributed by atoms with Crippen molar-refractivity contribution in [3.05, 3.63) is 0 Å². The Kier molecular flexibility index (Phi) is 5.26. The number of hydrogen-bond acceptors (Lipinski definition) is 3.